The van der Waals surface area contributed by atoms with Gasteiger partial charge in [-0.25, -0.2) is 0 Å². The van der Waals surface area contributed by atoms with Crippen LogP contribution in [0.2, 0.25) is 0 Å². The molecule has 0 aromatic carbocycles. The Balaban J connectivity index is 2.28. The van der Waals surface area contributed by atoms with Crippen LogP contribution in [0, 0.1) is 11.8 Å². The lowest BCUT2D eigenvalue weighted by molar-refractivity contribution is -0.152. The number of carbonyl (C=O) groups is 1. The third kappa shape index (κ3) is 4.52. The van der Waals surface area contributed by atoms with Gasteiger partial charge in [-0.2, -0.15) is 0 Å². The molecule has 0 aliphatic heterocycles. The quantitative estimate of drug-likeness (QED) is 0.751. The lowest BCUT2D eigenvalue weighted by atomic mass is 9.89. The van der Waals surface area contributed by atoms with Crippen molar-refractivity contribution >= 4 is 5.97 Å². The van der Waals surface area contributed by atoms with Crippen LogP contribution in [-0.2, 0) is 9.53 Å². The van der Waals surface area contributed by atoms with Crippen LogP contribution in [0.5, 0.6) is 0 Å². The van der Waals surface area contributed by atoms with Crippen LogP contribution in [0.4, 0.5) is 0 Å². The first-order chi connectivity index (χ1) is 7.49. The maximum Gasteiger partial charge on any atom is 0.323 e. The Morgan fingerprint density at radius 3 is 2.38 bits per heavy atom. The summed E-state index contributed by atoms with van der Waals surface area (Å²) < 4.78 is 5.44. The molecule has 0 saturated heterocycles. The van der Waals surface area contributed by atoms with Gasteiger partial charge in [0.15, 0.2) is 0 Å². The Morgan fingerprint density at radius 2 is 1.88 bits per heavy atom. The van der Waals surface area contributed by atoms with Gasteiger partial charge >= 0.3 is 5.97 Å². The first-order valence-corrected chi connectivity index (χ1v) is 6.45. The monoisotopic (exact) mass is 227 g/mol. The van der Waals surface area contributed by atoms with Gasteiger partial charge in [0, 0.05) is 0 Å². The first kappa shape index (κ1) is 13.5. The highest BCUT2D eigenvalue weighted by atomic mass is 16.5. The van der Waals surface area contributed by atoms with E-state index >= 15 is 0 Å². The Labute approximate surface area is 98.7 Å². The smallest absolute Gasteiger partial charge is 0.323 e. The summed E-state index contributed by atoms with van der Waals surface area (Å²) in [7, 11) is 0. The molecule has 1 aliphatic carbocycles. The van der Waals surface area contributed by atoms with Crippen molar-refractivity contribution in [2.45, 2.75) is 65.0 Å². The lowest BCUT2D eigenvalue weighted by Crippen LogP contribution is -2.36. The second-order valence-electron chi connectivity index (χ2n) is 5.55. The van der Waals surface area contributed by atoms with Crippen LogP contribution in [0.3, 0.4) is 0 Å². The van der Waals surface area contributed by atoms with E-state index in [1.165, 1.54) is 0 Å². The van der Waals surface area contributed by atoms with E-state index in [4.69, 9.17) is 10.5 Å². The van der Waals surface area contributed by atoms with Gasteiger partial charge < -0.3 is 10.5 Å². The molecule has 0 amide bonds. The van der Waals surface area contributed by atoms with Crippen LogP contribution < -0.4 is 5.73 Å². The minimum atomic E-state index is -0.445. The van der Waals surface area contributed by atoms with E-state index < -0.39 is 6.04 Å². The average Bonchev–Trinajstić information content (AvgIpc) is 2.20. The fraction of sp³-hybridized carbons (Fsp3) is 0.923. The highest BCUT2D eigenvalue weighted by Gasteiger charge is 2.24. The largest absolute Gasteiger partial charge is 0.461 e. The molecule has 0 bridgehead atoms. The molecule has 0 aromatic rings. The lowest BCUT2D eigenvalue weighted by Gasteiger charge is -2.27. The highest BCUT2D eigenvalue weighted by molar-refractivity contribution is 5.75. The van der Waals surface area contributed by atoms with E-state index in [2.05, 4.69) is 20.8 Å². The summed E-state index contributed by atoms with van der Waals surface area (Å²) >= 11 is 0. The van der Waals surface area contributed by atoms with Crippen molar-refractivity contribution in [1.29, 1.82) is 0 Å². The number of rotatable bonds is 4. The van der Waals surface area contributed by atoms with Gasteiger partial charge in [-0.15, -0.1) is 0 Å². The number of ether oxygens (including phenoxy) is 1. The van der Waals surface area contributed by atoms with E-state index in [1.807, 2.05) is 0 Å². The van der Waals surface area contributed by atoms with Crippen molar-refractivity contribution in [3.05, 3.63) is 0 Å². The molecule has 0 radical (unpaired) electrons. The van der Waals surface area contributed by atoms with Crippen LogP contribution >= 0.6 is 0 Å². The molecular weight excluding hydrogens is 202 g/mol. The van der Waals surface area contributed by atoms with Crippen LogP contribution in [-0.4, -0.2) is 18.1 Å². The van der Waals surface area contributed by atoms with Gasteiger partial charge in [-0.05, 0) is 43.9 Å². The van der Waals surface area contributed by atoms with Gasteiger partial charge in [-0.1, -0.05) is 20.8 Å². The van der Waals surface area contributed by atoms with Crippen molar-refractivity contribution < 1.29 is 9.53 Å². The van der Waals surface area contributed by atoms with Gasteiger partial charge in [-0.3, -0.25) is 4.79 Å². The van der Waals surface area contributed by atoms with Crippen molar-refractivity contribution in [3.63, 3.8) is 0 Å². The zero-order valence-electron chi connectivity index (χ0n) is 10.7. The molecule has 94 valence electrons. The SMILES string of the molecule is CC(C)C[C@@H](N)C(=O)OC1CCC(C)CC1. The number of hydrogen-bond donors (Lipinski definition) is 1. The Hall–Kier alpha value is -0.570. The minimum Gasteiger partial charge on any atom is -0.461 e. The summed E-state index contributed by atoms with van der Waals surface area (Å²) in [4.78, 5) is 11.7. The molecule has 1 rings (SSSR count). The molecule has 1 atom stereocenters. The average molecular weight is 227 g/mol. The molecule has 2 N–H and O–H groups in total. The first-order valence-electron chi connectivity index (χ1n) is 6.45. The molecule has 0 aromatic heterocycles. The van der Waals surface area contributed by atoms with Crippen LogP contribution in [0.25, 0.3) is 0 Å². The standard InChI is InChI=1S/C13H25NO2/c1-9(2)8-12(14)13(15)16-11-6-4-10(3)5-7-11/h9-12H,4-8,14H2,1-3H3/t10?,11?,12-/m1/s1. The van der Waals surface area contributed by atoms with E-state index in [-0.39, 0.29) is 12.1 Å². The van der Waals surface area contributed by atoms with Crippen LogP contribution in [0.1, 0.15) is 52.9 Å². The van der Waals surface area contributed by atoms with Gasteiger partial charge in [0.1, 0.15) is 12.1 Å². The van der Waals surface area contributed by atoms with E-state index in [0.717, 1.165) is 31.6 Å². The molecular formula is C13H25NO2. The third-order valence-electron chi connectivity index (χ3n) is 3.27. The second kappa shape index (κ2) is 6.24. The molecule has 1 fully saturated rings. The van der Waals surface area contributed by atoms with Gasteiger partial charge in [0.2, 0.25) is 0 Å². The number of esters is 1. The molecule has 16 heavy (non-hydrogen) atoms. The summed E-state index contributed by atoms with van der Waals surface area (Å²) in [6.07, 6.45) is 5.15. The maximum absolute atomic E-state index is 11.7. The third-order valence-corrected chi connectivity index (χ3v) is 3.27. The fourth-order valence-corrected chi connectivity index (χ4v) is 2.20. The Morgan fingerprint density at radius 1 is 1.31 bits per heavy atom. The maximum atomic E-state index is 11.7. The zero-order valence-corrected chi connectivity index (χ0v) is 10.7. The summed E-state index contributed by atoms with van der Waals surface area (Å²) in [5.74, 6) is 1.00. The molecule has 0 spiro atoms. The van der Waals surface area contributed by atoms with Gasteiger partial charge in [0.05, 0.1) is 0 Å². The number of carbonyl (C=O) groups excluding carboxylic acids is 1. The molecule has 3 nitrogen and oxygen atoms in total. The van der Waals surface area contributed by atoms with E-state index in [1.54, 1.807) is 0 Å². The highest BCUT2D eigenvalue weighted by Crippen LogP contribution is 2.25. The summed E-state index contributed by atoms with van der Waals surface area (Å²) in [5.41, 5.74) is 5.79. The molecule has 0 heterocycles. The Bertz CT molecular complexity index is 220. The van der Waals surface area contributed by atoms with E-state index in [9.17, 15) is 4.79 Å². The van der Waals surface area contributed by atoms with Crippen LogP contribution in [0.15, 0.2) is 0 Å². The van der Waals surface area contributed by atoms with Crippen molar-refractivity contribution in [2.75, 3.05) is 0 Å². The fourth-order valence-electron chi connectivity index (χ4n) is 2.20. The summed E-state index contributed by atoms with van der Waals surface area (Å²) in [6.45, 7) is 6.38. The zero-order chi connectivity index (χ0) is 12.1. The Kier molecular flexibility index (Phi) is 5.26. The molecule has 1 aliphatic rings. The molecule has 1 saturated carbocycles. The second-order valence-corrected chi connectivity index (χ2v) is 5.55. The molecule has 0 unspecified atom stereocenters. The normalized spacial score (nSPS) is 27.8. The summed E-state index contributed by atoms with van der Waals surface area (Å²) in [5, 5.41) is 0. The number of hydrogen-bond acceptors (Lipinski definition) is 3. The van der Waals surface area contributed by atoms with Gasteiger partial charge in [0.25, 0.3) is 0 Å². The van der Waals surface area contributed by atoms with Crippen molar-refractivity contribution in [1.82, 2.24) is 0 Å². The van der Waals surface area contributed by atoms with Crippen molar-refractivity contribution in [2.24, 2.45) is 17.6 Å². The number of nitrogens with two attached hydrogens (primary N) is 1. The minimum absolute atomic E-state index is 0.113. The van der Waals surface area contributed by atoms with E-state index in [0.29, 0.717) is 12.3 Å². The predicted octanol–water partition coefficient (Wildman–Crippen LogP) is 2.48. The van der Waals surface area contributed by atoms with Crippen molar-refractivity contribution in [3.8, 4) is 0 Å². The molecule has 3 heteroatoms. The summed E-state index contributed by atoms with van der Waals surface area (Å²) in [6, 6.07) is -0.445. The predicted molar refractivity (Wildman–Crippen MR) is 64.9 cm³/mol. The topological polar surface area (TPSA) is 52.3 Å².